The van der Waals surface area contributed by atoms with Crippen LogP contribution < -0.4 is 5.32 Å². The van der Waals surface area contributed by atoms with Gasteiger partial charge in [0.05, 0.1) is 18.8 Å². The van der Waals surface area contributed by atoms with Crippen molar-refractivity contribution in [3.05, 3.63) is 51.7 Å². The van der Waals surface area contributed by atoms with Gasteiger partial charge < -0.3 is 14.8 Å². The summed E-state index contributed by atoms with van der Waals surface area (Å²) in [5, 5.41) is 16.0. The van der Waals surface area contributed by atoms with E-state index in [1.165, 1.54) is 11.3 Å². The van der Waals surface area contributed by atoms with E-state index in [9.17, 15) is 9.90 Å². The van der Waals surface area contributed by atoms with Gasteiger partial charge in [-0.2, -0.15) is 0 Å². The number of amides is 1. The van der Waals surface area contributed by atoms with Crippen molar-refractivity contribution in [2.24, 2.45) is 0 Å². The van der Waals surface area contributed by atoms with E-state index in [0.29, 0.717) is 23.6 Å². The van der Waals surface area contributed by atoms with E-state index < -0.39 is 0 Å². The number of aromatic nitrogens is 1. The Kier molecular flexibility index (Phi) is 4.45. The third-order valence-corrected chi connectivity index (χ3v) is 4.49. The summed E-state index contributed by atoms with van der Waals surface area (Å²) in [5.74, 6) is 0.188. The lowest BCUT2D eigenvalue weighted by Gasteiger charge is -2.02. The molecule has 0 aliphatic rings. The normalized spacial score (nSPS) is 11.3. The van der Waals surface area contributed by atoms with E-state index in [-0.39, 0.29) is 18.3 Å². The van der Waals surface area contributed by atoms with Crippen LogP contribution in [-0.4, -0.2) is 16.0 Å². The first-order valence-electron chi connectivity index (χ1n) is 7.44. The van der Waals surface area contributed by atoms with Crippen molar-refractivity contribution in [1.29, 1.82) is 0 Å². The number of carbonyl (C=O) groups excluding carboxylic acids is 1. The Morgan fingerprint density at radius 1 is 1.39 bits per heavy atom. The van der Waals surface area contributed by atoms with Crippen LogP contribution in [0.1, 0.15) is 46.6 Å². The Bertz CT molecular complexity index is 835. The van der Waals surface area contributed by atoms with Crippen molar-refractivity contribution in [2.75, 3.05) is 0 Å². The molecule has 2 aromatic heterocycles. The summed E-state index contributed by atoms with van der Waals surface area (Å²) in [7, 11) is 0. The standard InChI is InChI=1S/C17H18N2O3S/c1-10(2)13-9-23-15(19-13)7-18-17(21)16-12(8-20)11-5-3-4-6-14(11)22-16/h3-6,9-10,20H,7-8H2,1-2H3,(H,18,21). The highest BCUT2D eigenvalue weighted by Gasteiger charge is 2.20. The number of fused-ring (bicyclic) bond motifs is 1. The molecule has 0 saturated carbocycles. The molecule has 0 aliphatic heterocycles. The average molecular weight is 330 g/mol. The molecule has 2 heterocycles. The lowest BCUT2D eigenvalue weighted by Crippen LogP contribution is -2.23. The number of aliphatic hydroxyl groups is 1. The average Bonchev–Trinajstić information content (AvgIpc) is 3.16. The van der Waals surface area contributed by atoms with Crippen LogP contribution in [0.3, 0.4) is 0 Å². The van der Waals surface area contributed by atoms with Crippen LogP contribution in [0, 0.1) is 0 Å². The molecule has 2 N–H and O–H groups in total. The monoisotopic (exact) mass is 330 g/mol. The first-order chi connectivity index (χ1) is 11.1. The fourth-order valence-electron chi connectivity index (χ4n) is 2.35. The van der Waals surface area contributed by atoms with Crippen molar-refractivity contribution in [3.8, 4) is 0 Å². The van der Waals surface area contributed by atoms with Crippen LogP contribution in [0.5, 0.6) is 0 Å². The number of benzene rings is 1. The van der Waals surface area contributed by atoms with Crippen molar-refractivity contribution in [3.63, 3.8) is 0 Å². The molecular weight excluding hydrogens is 312 g/mol. The van der Waals surface area contributed by atoms with Crippen LogP contribution in [0.25, 0.3) is 11.0 Å². The second-order valence-electron chi connectivity index (χ2n) is 5.57. The van der Waals surface area contributed by atoms with Gasteiger partial charge in [-0.05, 0) is 12.0 Å². The number of hydrogen-bond donors (Lipinski definition) is 2. The van der Waals surface area contributed by atoms with Crippen LogP contribution in [-0.2, 0) is 13.2 Å². The van der Waals surface area contributed by atoms with Crippen LogP contribution in [0.4, 0.5) is 0 Å². The zero-order valence-corrected chi connectivity index (χ0v) is 13.8. The predicted octanol–water partition coefficient (Wildman–Crippen LogP) is 3.44. The number of thiazole rings is 1. The lowest BCUT2D eigenvalue weighted by molar-refractivity contribution is 0.0921. The zero-order chi connectivity index (χ0) is 16.4. The second kappa shape index (κ2) is 6.52. The van der Waals surface area contributed by atoms with Gasteiger partial charge in [-0.3, -0.25) is 4.79 Å². The molecule has 0 saturated heterocycles. The van der Waals surface area contributed by atoms with Gasteiger partial charge in [0.1, 0.15) is 10.6 Å². The number of nitrogens with zero attached hydrogens (tertiary/aromatic N) is 1. The molecule has 0 bridgehead atoms. The van der Waals surface area contributed by atoms with Crippen molar-refractivity contribution < 1.29 is 14.3 Å². The molecule has 0 unspecified atom stereocenters. The third-order valence-electron chi connectivity index (χ3n) is 3.62. The number of furan rings is 1. The van der Waals surface area contributed by atoms with Gasteiger partial charge in [0.2, 0.25) is 0 Å². The van der Waals surface area contributed by atoms with E-state index in [1.807, 2.05) is 23.6 Å². The minimum Gasteiger partial charge on any atom is -0.451 e. The minimum atomic E-state index is -0.341. The molecule has 23 heavy (non-hydrogen) atoms. The highest BCUT2D eigenvalue weighted by molar-refractivity contribution is 7.09. The molecule has 0 fully saturated rings. The number of rotatable bonds is 5. The number of carbonyl (C=O) groups is 1. The molecule has 0 atom stereocenters. The minimum absolute atomic E-state index is 0.161. The van der Waals surface area contributed by atoms with Gasteiger partial charge in [-0.1, -0.05) is 32.0 Å². The second-order valence-corrected chi connectivity index (χ2v) is 6.51. The van der Waals surface area contributed by atoms with Gasteiger partial charge in [-0.15, -0.1) is 11.3 Å². The molecule has 5 nitrogen and oxygen atoms in total. The number of hydrogen-bond acceptors (Lipinski definition) is 5. The summed E-state index contributed by atoms with van der Waals surface area (Å²) >= 11 is 1.52. The van der Waals surface area contributed by atoms with E-state index >= 15 is 0 Å². The number of aliphatic hydroxyl groups excluding tert-OH is 1. The Morgan fingerprint density at radius 2 is 2.17 bits per heavy atom. The first kappa shape index (κ1) is 15.7. The summed E-state index contributed by atoms with van der Waals surface area (Å²) in [5.41, 5.74) is 2.14. The Hall–Kier alpha value is -2.18. The van der Waals surface area contributed by atoms with Crippen molar-refractivity contribution >= 4 is 28.2 Å². The summed E-state index contributed by atoms with van der Waals surface area (Å²) in [6.45, 7) is 4.27. The molecule has 6 heteroatoms. The lowest BCUT2D eigenvalue weighted by atomic mass is 10.1. The fraction of sp³-hybridized carbons (Fsp3) is 0.294. The Labute approximate surface area is 138 Å². The molecule has 0 radical (unpaired) electrons. The summed E-state index contributed by atoms with van der Waals surface area (Å²) < 4.78 is 5.59. The van der Waals surface area contributed by atoms with Crippen LogP contribution in [0.15, 0.2) is 34.1 Å². The van der Waals surface area contributed by atoms with Gasteiger partial charge in [-0.25, -0.2) is 4.98 Å². The summed E-state index contributed by atoms with van der Waals surface area (Å²) in [6.07, 6.45) is 0. The Morgan fingerprint density at radius 3 is 2.87 bits per heavy atom. The molecule has 0 aliphatic carbocycles. The zero-order valence-electron chi connectivity index (χ0n) is 13.0. The van der Waals surface area contributed by atoms with E-state index in [4.69, 9.17) is 4.42 Å². The van der Waals surface area contributed by atoms with Crippen molar-refractivity contribution in [2.45, 2.75) is 32.9 Å². The van der Waals surface area contributed by atoms with Gasteiger partial charge >= 0.3 is 0 Å². The number of para-hydroxylation sites is 1. The summed E-state index contributed by atoms with van der Waals surface area (Å²) in [6, 6.07) is 7.29. The maximum absolute atomic E-state index is 12.4. The van der Waals surface area contributed by atoms with E-state index in [0.717, 1.165) is 16.1 Å². The maximum Gasteiger partial charge on any atom is 0.287 e. The number of nitrogens with one attached hydrogen (secondary N) is 1. The summed E-state index contributed by atoms with van der Waals surface area (Å²) in [4.78, 5) is 16.9. The SMILES string of the molecule is CC(C)c1csc(CNC(=O)c2oc3ccccc3c2CO)n1. The molecule has 0 spiro atoms. The molecule has 3 rings (SSSR count). The first-order valence-corrected chi connectivity index (χ1v) is 8.32. The molecule has 3 aromatic rings. The topological polar surface area (TPSA) is 75.4 Å². The van der Waals surface area contributed by atoms with Gasteiger partial charge in [0, 0.05) is 16.3 Å². The quantitative estimate of drug-likeness (QED) is 0.751. The largest absolute Gasteiger partial charge is 0.451 e. The van der Waals surface area contributed by atoms with Gasteiger partial charge in [0.25, 0.3) is 5.91 Å². The van der Waals surface area contributed by atoms with E-state index in [1.54, 1.807) is 6.07 Å². The predicted molar refractivity (Wildman–Crippen MR) is 89.5 cm³/mol. The van der Waals surface area contributed by atoms with Crippen molar-refractivity contribution in [1.82, 2.24) is 10.3 Å². The highest BCUT2D eigenvalue weighted by atomic mass is 32.1. The molecule has 1 amide bonds. The molecule has 120 valence electrons. The highest BCUT2D eigenvalue weighted by Crippen LogP contribution is 2.26. The van der Waals surface area contributed by atoms with Crippen LogP contribution in [0.2, 0.25) is 0 Å². The maximum atomic E-state index is 12.4. The smallest absolute Gasteiger partial charge is 0.287 e. The van der Waals surface area contributed by atoms with Gasteiger partial charge in [0.15, 0.2) is 5.76 Å². The molecule has 1 aromatic carbocycles. The Balaban J connectivity index is 1.77. The van der Waals surface area contributed by atoms with Crippen LogP contribution >= 0.6 is 11.3 Å². The fourth-order valence-corrected chi connectivity index (χ4v) is 3.24. The molecular formula is C17H18N2O3S. The third kappa shape index (κ3) is 3.13. The van der Waals surface area contributed by atoms with E-state index in [2.05, 4.69) is 24.1 Å².